The van der Waals surface area contributed by atoms with Crippen molar-refractivity contribution < 1.29 is 23.5 Å². The summed E-state index contributed by atoms with van der Waals surface area (Å²) >= 11 is 0. The molecule has 0 N–H and O–H groups in total. The van der Waals surface area contributed by atoms with Crippen LogP contribution in [0.2, 0.25) is 0 Å². The molecule has 4 rings (SSSR count). The number of carbonyl (C=O) groups is 2. The first-order valence-corrected chi connectivity index (χ1v) is 9.94. The fraction of sp³-hybridized carbons (Fsp3) is 0.636. The van der Waals surface area contributed by atoms with E-state index < -0.39 is 0 Å². The van der Waals surface area contributed by atoms with Crippen LogP contribution >= 0.6 is 0 Å². The second-order valence-corrected chi connectivity index (χ2v) is 8.78. The lowest BCUT2D eigenvalue weighted by Crippen LogP contribution is -2.52. The average molecular weight is 372 g/mol. The van der Waals surface area contributed by atoms with Gasteiger partial charge in [0.1, 0.15) is 12.7 Å². The van der Waals surface area contributed by atoms with E-state index in [0.29, 0.717) is 18.4 Å². The molecule has 0 aromatic carbocycles. The molecule has 0 unspecified atom stereocenters. The van der Waals surface area contributed by atoms with Crippen LogP contribution in [0.25, 0.3) is 0 Å². The van der Waals surface area contributed by atoms with Crippen molar-refractivity contribution in [3.05, 3.63) is 35.8 Å². The molecule has 5 atom stereocenters. The lowest BCUT2D eigenvalue weighted by atomic mass is 9.46. The van der Waals surface area contributed by atoms with Gasteiger partial charge in [-0.3, -0.25) is 4.79 Å². The number of ether oxygens (including phenoxy) is 2. The summed E-state index contributed by atoms with van der Waals surface area (Å²) in [5.74, 6) is 0.382. The van der Waals surface area contributed by atoms with Crippen molar-refractivity contribution in [3.8, 4) is 0 Å². The molecule has 5 heteroatoms. The predicted octanol–water partition coefficient (Wildman–Crippen LogP) is 4.59. The lowest BCUT2D eigenvalue weighted by molar-refractivity contribution is -0.153. The van der Waals surface area contributed by atoms with E-state index in [9.17, 15) is 9.59 Å². The molecule has 0 radical (unpaired) electrons. The van der Waals surface area contributed by atoms with Crippen LogP contribution < -0.4 is 0 Å². The molecule has 1 saturated carbocycles. The van der Waals surface area contributed by atoms with Gasteiger partial charge in [-0.2, -0.15) is 0 Å². The summed E-state index contributed by atoms with van der Waals surface area (Å²) in [5.41, 5.74) is 1.55. The summed E-state index contributed by atoms with van der Waals surface area (Å²) in [6, 6.07) is 1.87. The Morgan fingerprint density at radius 1 is 1.41 bits per heavy atom. The molecule has 1 aliphatic heterocycles. The number of hydrogen-bond donors (Lipinski definition) is 0. The monoisotopic (exact) mass is 372 g/mol. The first-order chi connectivity index (χ1) is 12.9. The van der Waals surface area contributed by atoms with Crippen molar-refractivity contribution in [2.45, 2.75) is 59.0 Å². The van der Waals surface area contributed by atoms with Gasteiger partial charge in [0.15, 0.2) is 0 Å². The highest BCUT2D eigenvalue weighted by molar-refractivity contribution is 5.92. The van der Waals surface area contributed by atoms with Gasteiger partial charge in [0.05, 0.1) is 12.5 Å². The third kappa shape index (κ3) is 2.82. The molecular weight excluding hydrogens is 344 g/mol. The Balaban J connectivity index is 1.70. The highest BCUT2D eigenvalue weighted by Gasteiger charge is 2.61. The van der Waals surface area contributed by atoms with E-state index in [2.05, 4.69) is 19.9 Å². The Bertz CT molecular complexity index is 764. The summed E-state index contributed by atoms with van der Waals surface area (Å²) in [5, 5.41) is 0. The number of cyclic esters (lactones) is 1. The van der Waals surface area contributed by atoms with Crippen LogP contribution in [0, 0.1) is 22.7 Å². The molecule has 1 aromatic heterocycles. The van der Waals surface area contributed by atoms with E-state index in [0.717, 1.165) is 43.2 Å². The first kappa shape index (κ1) is 18.3. The van der Waals surface area contributed by atoms with Crippen molar-refractivity contribution >= 4 is 11.9 Å². The van der Waals surface area contributed by atoms with Gasteiger partial charge in [-0.1, -0.05) is 19.9 Å². The van der Waals surface area contributed by atoms with E-state index in [1.54, 1.807) is 12.5 Å². The topological polar surface area (TPSA) is 65.7 Å². The van der Waals surface area contributed by atoms with Crippen molar-refractivity contribution in [2.24, 2.45) is 22.7 Å². The summed E-state index contributed by atoms with van der Waals surface area (Å²) in [6.45, 7) is 6.55. The maximum absolute atomic E-state index is 12.3. The number of esters is 2. The molecule has 2 aliphatic carbocycles. The van der Waals surface area contributed by atoms with Crippen LogP contribution in [0.5, 0.6) is 0 Å². The Morgan fingerprint density at radius 3 is 2.93 bits per heavy atom. The summed E-state index contributed by atoms with van der Waals surface area (Å²) < 4.78 is 16.5. The third-order valence-corrected chi connectivity index (χ3v) is 7.48. The molecule has 2 heterocycles. The quantitative estimate of drug-likeness (QED) is 0.723. The second kappa shape index (κ2) is 6.54. The van der Waals surface area contributed by atoms with Crippen LogP contribution in [-0.4, -0.2) is 18.5 Å². The van der Waals surface area contributed by atoms with Crippen LogP contribution in [0.1, 0.15) is 64.5 Å². The second-order valence-electron chi connectivity index (χ2n) is 8.78. The van der Waals surface area contributed by atoms with Gasteiger partial charge in [0.25, 0.3) is 0 Å². The predicted molar refractivity (Wildman–Crippen MR) is 98.5 cm³/mol. The fourth-order valence-corrected chi connectivity index (χ4v) is 5.92. The SMILES string of the molecule is CC(=O)O[C@@H](C[C@@]1(C)[C@H](C)CC[C@@]23COC(=O)C2=CCC[C@H]31)c1ccoc1. The van der Waals surface area contributed by atoms with E-state index in [4.69, 9.17) is 13.9 Å². The smallest absolute Gasteiger partial charge is 0.334 e. The van der Waals surface area contributed by atoms with Crippen LogP contribution in [0.15, 0.2) is 34.7 Å². The van der Waals surface area contributed by atoms with Gasteiger partial charge in [-0.25, -0.2) is 4.79 Å². The van der Waals surface area contributed by atoms with Crippen molar-refractivity contribution in [1.29, 1.82) is 0 Å². The molecule has 146 valence electrons. The molecule has 0 bridgehead atoms. The number of furan rings is 1. The molecule has 1 aromatic rings. The fourth-order valence-electron chi connectivity index (χ4n) is 5.92. The molecular formula is C22H28O5. The largest absolute Gasteiger partial charge is 0.472 e. The number of rotatable bonds is 4. The minimum absolute atomic E-state index is 0.0663. The Labute approximate surface area is 160 Å². The maximum Gasteiger partial charge on any atom is 0.334 e. The highest BCUT2D eigenvalue weighted by atomic mass is 16.5. The van der Waals surface area contributed by atoms with Gasteiger partial charge in [-0.05, 0) is 55.4 Å². The highest BCUT2D eigenvalue weighted by Crippen LogP contribution is 2.64. The van der Waals surface area contributed by atoms with Gasteiger partial charge in [0.2, 0.25) is 0 Å². The van der Waals surface area contributed by atoms with Crippen molar-refractivity contribution in [1.82, 2.24) is 0 Å². The normalized spacial score (nSPS) is 36.3. The standard InChI is InChI=1S/C22H28O5/c1-14-7-9-22-13-26-20(24)17(22)5-4-6-19(22)21(14,3)11-18(27-15(2)23)16-8-10-25-12-16/h5,8,10,12,14,18-19H,4,6-7,9,11,13H2,1-3H3/t14-,18+,19+,21+,22-/m1/s1. The molecule has 27 heavy (non-hydrogen) atoms. The van der Waals surface area contributed by atoms with Crippen LogP contribution in [-0.2, 0) is 19.1 Å². The first-order valence-electron chi connectivity index (χ1n) is 9.94. The van der Waals surface area contributed by atoms with Gasteiger partial charge in [-0.15, -0.1) is 0 Å². The van der Waals surface area contributed by atoms with E-state index in [1.807, 2.05) is 6.07 Å². The van der Waals surface area contributed by atoms with E-state index >= 15 is 0 Å². The van der Waals surface area contributed by atoms with Crippen molar-refractivity contribution in [2.75, 3.05) is 6.61 Å². The minimum Gasteiger partial charge on any atom is -0.472 e. The van der Waals surface area contributed by atoms with Gasteiger partial charge < -0.3 is 13.9 Å². The Hall–Kier alpha value is -2.04. The zero-order valence-electron chi connectivity index (χ0n) is 16.3. The van der Waals surface area contributed by atoms with Crippen molar-refractivity contribution in [3.63, 3.8) is 0 Å². The molecule has 3 aliphatic rings. The summed E-state index contributed by atoms with van der Waals surface area (Å²) in [6.07, 6.45) is 9.75. The number of hydrogen-bond acceptors (Lipinski definition) is 5. The summed E-state index contributed by atoms with van der Waals surface area (Å²) in [4.78, 5) is 24.1. The molecule has 2 fully saturated rings. The van der Waals surface area contributed by atoms with Crippen LogP contribution in [0.4, 0.5) is 0 Å². The zero-order chi connectivity index (χ0) is 19.2. The molecule has 1 saturated heterocycles. The third-order valence-electron chi connectivity index (χ3n) is 7.48. The van der Waals surface area contributed by atoms with Crippen LogP contribution in [0.3, 0.4) is 0 Å². The van der Waals surface area contributed by atoms with Gasteiger partial charge >= 0.3 is 11.9 Å². The average Bonchev–Trinajstić information content (AvgIpc) is 3.27. The summed E-state index contributed by atoms with van der Waals surface area (Å²) in [7, 11) is 0. The Kier molecular flexibility index (Phi) is 4.44. The minimum atomic E-state index is -0.337. The van der Waals surface area contributed by atoms with Gasteiger partial charge in [0, 0.05) is 23.5 Å². The molecule has 0 amide bonds. The number of allylic oxidation sites excluding steroid dienone is 1. The number of carbonyl (C=O) groups excluding carboxylic acids is 2. The zero-order valence-corrected chi connectivity index (χ0v) is 16.3. The maximum atomic E-state index is 12.3. The Morgan fingerprint density at radius 2 is 2.22 bits per heavy atom. The van der Waals surface area contributed by atoms with E-state index in [-0.39, 0.29) is 28.9 Å². The molecule has 1 spiro atoms. The lowest BCUT2D eigenvalue weighted by Gasteiger charge is -2.57. The van der Waals surface area contributed by atoms with E-state index in [1.165, 1.54) is 6.92 Å². The molecule has 5 nitrogen and oxygen atoms in total.